The molecule has 3 amide bonds. The molecule has 4 bridgehead atoms. The maximum atomic E-state index is 13.4. The maximum Gasteiger partial charge on any atom is 0.254 e. The summed E-state index contributed by atoms with van der Waals surface area (Å²) in [6.07, 6.45) is 7.13. The van der Waals surface area contributed by atoms with Crippen LogP contribution >= 0.6 is 0 Å². The van der Waals surface area contributed by atoms with E-state index in [1.165, 1.54) is 25.3 Å². The molecule has 5 fully saturated rings. The Bertz CT molecular complexity index is 923. The molecule has 6 nitrogen and oxygen atoms in total. The number of amides is 3. The Morgan fingerprint density at radius 2 is 1.45 bits per heavy atom. The van der Waals surface area contributed by atoms with Crippen LogP contribution in [0, 0.1) is 34.8 Å². The van der Waals surface area contributed by atoms with Gasteiger partial charge in [0.25, 0.3) is 5.91 Å². The molecule has 178 valence electrons. The molecular formula is C25H31F2N3O3. The Morgan fingerprint density at radius 3 is 2.03 bits per heavy atom. The molecule has 1 N–H and O–H groups in total. The molecule has 1 saturated heterocycles. The second-order valence-electron chi connectivity index (χ2n) is 10.5. The summed E-state index contributed by atoms with van der Waals surface area (Å²) in [5.74, 6) is -0.208. The summed E-state index contributed by atoms with van der Waals surface area (Å²) >= 11 is 0. The van der Waals surface area contributed by atoms with Crippen molar-refractivity contribution in [2.45, 2.75) is 44.9 Å². The van der Waals surface area contributed by atoms with Crippen molar-refractivity contribution in [3.05, 3.63) is 35.4 Å². The van der Waals surface area contributed by atoms with Gasteiger partial charge in [-0.05, 0) is 74.5 Å². The zero-order valence-electron chi connectivity index (χ0n) is 18.8. The quantitative estimate of drug-likeness (QED) is 0.736. The number of piperazine rings is 1. The lowest BCUT2D eigenvalue weighted by Crippen LogP contribution is -2.54. The van der Waals surface area contributed by atoms with Gasteiger partial charge in [0.05, 0.1) is 0 Å². The Hall–Kier alpha value is -2.51. The lowest BCUT2D eigenvalue weighted by molar-refractivity contribution is -0.146. The average Bonchev–Trinajstić information content (AvgIpc) is 2.79. The van der Waals surface area contributed by atoms with Crippen LogP contribution in [0.2, 0.25) is 0 Å². The number of rotatable bonds is 5. The standard InChI is InChI=1S/C25H31F2N3O3/c26-20-2-1-19(12-21(20)27)23(32)30-7-5-29(6-8-30)22(31)3-4-28-24(33)25-13-16-9-17(14-25)11-18(10-16)15-25/h1-2,12,16-18H,3-11,13-15H2,(H,28,33). The molecule has 0 spiro atoms. The highest BCUT2D eigenvalue weighted by atomic mass is 19.2. The number of halogens is 2. The molecular weight excluding hydrogens is 428 g/mol. The van der Waals surface area contributed by atoms with Gasteiger partial charge in [-0.3, -0.25) is 14.4 Å². The topological polar surface area (TPSA) is 69.7 Å². The number of benzene rings is 1. The van der Waals surface area contributed by atoms with Gasteiger partial charge in [0.2, 0.25) is 11.8 Å². The van der Waals surface area contributed by atoms with Gasteiger partial charge in [0.15, 0.2) is 11.6 Å². The van der Waals surface area contributed by atoms with Gasteiger partial charge in [-0.25, -0.2) is 8.78 Å². The number of nitrogens with zero attached hydrogens (tertiary/aromatic N) is 2. The first-order chi connectivity index (χ1) is 15.8. The normalized spacial score (nSPS) is 30.4. The molecule has 0 aromatic heterocycles. The van der Waals surface area contributed by atoms with Crippen LogP contribution in [0.1, 0.15) is 55.3 Å². The van der Waals surface area contributed by atoms with Gasteiger partial charge < -0.3 is 15.1 Å². The van der Waals surface area contributed by atoms with E-state index in [0.717, 1.165) is 31.4 Å². The lowest BCUT2D eigenvalue weighted by Gasteiger charge is -2.55. The molecule has 5 aliphatic rings. The fraction of sp³-hybridized carbons (Fsp3) is 0.640. The minimum atomic E-state index is -1.05. The molecule has 1 aromatic carbocycles. The van der Waals surface area contributed by atoms with Crippen LogP contribution < -0.4 is 5.32 Å². The first-order valence-electron chi connectivity index (χ1n) is 12.1. The van der Waals surface area contributed by atoms with Gasteiger partial charge in [-0.2, -0.15) is 0 Å². The molecule has 33 heavy (non-hydrogen) atoms. The zero-order chi connectivity index (χ0) is 23.2. The molecule has 1 heterocycles. The number of carbonyl (C=O) groups excluding carboxylic acids is 3. The number of hydrogen-bond donors (Lipinski definition) is 1. The van der Waals surface area contributed by atoms with E-state index in [1.54, 1.807) is 9.80 Å². The van der Waals surface area contributed by atoms with Crippen molar-refractivity contribution in [1.82, 2.24) is 15.1 Å². The number of carbonyl (C=O) groups is 3. The van der Waals surface area contributed by atoms with Crippen LogP contribution in [0.15, 0.2) is 18.2 Å². The second-order valence-corrected chi connectivity index (χ2v) is 10.5. The van der Waals surface area contributed by atoms with Gasteiger partial charge in [-0.15, -0.1) is 0 Å². The SMILES string of the molecule is O=C(CCNC(=O)C12CC3CC(CC(C3)C1)C2)N1CCN(C(=O)c2ccc(F)c(F)c2)CC1. The van der Waals surface area contributed by atoms with Gasteiger partial charge in [0, 0.05) is 50.1 Å². The van der Waals surface area contributed by atoms with E-state index in [4.69, 9.17) is 0 Å². The van der Waals surface area contributed by atoms with Crippen LogP contribution in [0.3, 0.4) is 0 Å². The van der Waals surface area contributed by atoms with Crippen molar-refractivity contribution < 1.29 is 23.2 Å². The van der Waals surface area contributed by atoms with E-state index in [1.807, 2.05) is 0 Å². The van der Waals surface area contributed by atoms with E-state index < -0.39 is 11.6 Å². The van der Waals surface area contributed by atoms with E-state index in [9.17, 15) is 23.2 Å². The predicted octanol–water partition coefficient (Wildman–Crippen LogP) is 2.97. The predicted molar refractivity (Wildman–Crippen MR) is 117 cm³/mol. The Balaban J connectivity index is 1.07. The Morgan fingerprint density at radius 1 is 0.879 bits per heavy atom. The van der Waals surface area contributed by atoms with Crippen molar-refractivity contribution in [1.29, 1.82) is 0 Å². The summed E-state index contributed by atoms with van der Waals surface area (Å²) in [7, 11) is 0. The number of hydrogen-bond acceptors (Lipinski definition) is 3. The van der Waals surface area contributed by atoms with E-state index >= 15 is 0 Å². The summed E-state index contributed by atoms with van der Waals surface area (Å²) in [5.41, 5.74) is -0.107. The van der Waals surface area contributed by atoms with E-state index in [-0.39, 0.29) is 35.1 Å². The fourth-order valence-corrected chi connectivity index (χ4v) is 6.99. The van der Waals surface area contributed by atoms with Crippen LogP contribution in [0.4, 0.5) is 8.78 Å². The van der Waals surface area contributed by atoms with Crippen molar-refractivity contribution in [2.24, 2.45) is 23.2 Å². The molecule has 6 rings (SSSR count). The molecule has 0 radical (unpaired) electrons. The highest BCUT2D eigenvalue weighted by Crippen LogP contribution is 2.60. The van der Waals surface area contributed by atoms with Crippen molar-refractivity contribution >= 4 is 17.7 Å². The van der Waals surface area contributed by atoms with Crippen LogP contribution in [-0.2, 0) is 9.59 Å². The molecule has 4 saturated carbocycles. The van der Waals surface area contributed by atoms with Gasteiger partial charge >= 0.3 is 0 Å². The summed E-state index contributed by atoms with van der Waals surface area (Å²) in [5, 5.41) is 3.05. The monoisotopic (exact) mass is 459 g/mol. The van der Waals surface area contributed by atoms with Crippen LogP contribution in [0.25, 0.3) is 0 Å². The molecule has 1 aliphatic heterocycles. The van der Waals surface area contributed by atoms with Crippen LogP contribution in [0.5, 0.6) is 0 Å². The zero-order valence-corrected chi connectivity index (χ0v) is 18.8. The lowest BCUT2D eigenvalue weighted by atomic mass is 9.49. The smallest absolute Gasteiger partial charge is 0.254 e. The maximum absolute atomic E-state index is 13.4. The molecule has 4 aliphatic carbocycles. The van der Waals surface area contributed by atoms with Crippen molar-refractivity contribution in [3.8, 4) is 0 Å². The Kier molecular flexibility index (Phi) is 5.87. The molecule has 8 heteroatoms. The summed E-state index contributed by atoms with van der Waals surface area (Å²) in [6.45, 7) is 1.79. The highest BCUT2D eigenvalue weighted by molar-refractivity contribution is 5.94. The first-order valence-corrected chi connectivity index (χ1v) is 12.1. The summed E-state index contributed by atoms with van der Waals surface area (Å²) in [6, 6.07) is 3.12. The third-order valence-corrected chi connectivity index (χ3v) is 8.23. The third kappa shape index (κ3) is 4.36. The first kappa shape index (κ1) is 22.3. The summed E-state index contributed by atoms with van der Waals surface area (Å²) < 4.78 is 26.5. The minimum Gasteiger partial charge on any atom is -0.355 e. The number of nitrogens with one attached hydrogen (secondary N) is 1. The highest BCUT2D eigenvalue weighted by Gasteiger charge is 2.54. The van der Waals surface area contributed by atoms with Crippen molar-refractivity contribution in [3.63, 3.8) is 0 Å². The largest absolute Gasteiger partial charge is 0.355 e. The van der Waals surface area contributed by atoms with Crippen LogP contribution in [-0.4, -0.2) is 60.2 Å². The molecule has 0 unspecified atom stereocenters. The van der Waals surface area contributed by atoms with Crippen molar-refractivity contribution in [2.75, 3.05) is 32.7 Å². The minimum absolute atomic E-state index is 0.0410. The average molecular weight is 460 g/mol. The van der Waals surface area contributed by atoms with E-state index in [0.29, 0.717) is 50.5 Å². The summed E-state index contributed by atoms with van der Waals surface area (Å²) in [4.78, 5) is 41.4. The molecule has 0 atom stereocenters. The van der Waals surface area contributed by atoms with E-state index in [2.05, 4.69) is 5.32 Å². The van der Waals surface area contributed by atoms with Gasteiger partial charge in [-0.1, -0.05) is 0 Å². The fourth-order valence-electron chi connectivity index (χ4n) is 6.99. The molecule has 1 aromatic rings. The second kappa shape index (κ2) is 8.69. The Labute approximate surface area is 192 Å². The third-order valence-electron chi connectivity index (χ3n) is 8.23. The van der Waals surface area contributed by atoms with Gasteiger partial charge in [0.1, 0.15) is 0 Å².